The van der Waals surface area contributed by atoms with Gasteiger partial charge in [-0.05, 0) is 65.5 Å². The Morgan fingerprint density at radius 2 is 1.76 bits per heavy atom. The van der Waals surface area contributed by atoms with Gasteiger partial charge < -0.3 is 19.7 Å². The van der Waals surface area contributed by atoms with Crippen molar-refractivity contribution in [3.8, 4) is 0 Å². The standard InChI is InChI=1S/C16H30N2O3/c1-16(2,3)21-15(19)18-10-6-14(7-11-18)20-12-13-4-8-17-9-5-13/h13-14,17H,4-12H2,1-3H3. The van der Waals surface area contributed by atoms with Crippen molar-refractivity contribution < 1.29 is 14.3 Å². The van der Waals surface area contributed by atoms with E-state index in [0.717, 1.165) is 45.6 Å². The van der Waals surface area contributed by atoms with E-state index >= 15 is 0 Å². The number of carbonyl (C=O) groups is 1. The molecule has 0 aromatic rings. The fourth-order valence-electron chi connectivity index (χ4n) is 2.85. The van der Waals surface area contributed by atoms with Crippen LogP contribution in [0.15, 0.2) is 0 Å². The van der Waals surface area contributed by atoms with Crippen molar-refractivity contribution in [2.45, 2.75) is 58.2 Å². The van der Waals surface area contributed by atoms with Gasteiger partial charge in [-0.2, -0.15) is 0 Å². The molecule has 2 fully saturated rings. The smallest absolute Gasteiger partial charge is 0.410 e. The highest BCUT2D eigenvalue weighted by Gasteiger charge is 2.27. The molecule has 0 aromatic heterocycles. The molecule has 122 valence electrons. The minimum absolute atomic E-state index is 0.195. The van der Waals surface area contributed by atoms with E-state index in [1.54, 1.807) is 4.90 Å². The van der Waals surface area contributed by atoms with Crippen molar-refractivity contribution in [1.82, 2.24) is 10.2 Å². The Bertz CT molecular complexity index is 327. The maximum Gasteiger partial charge on any atom is 0.410 e. The van der Waals surface area contributed by atoms with E-state index in [2.05, 4.69) is 5.32 Å². The quantitative estimate of drug-likeness (QED) is 0.869. The molecule has 0 saturated carbocycles. The minimum Gasteiger partial charge on any atom is -0.444 e. The van der Waals surface area contributed by atoms with Crippen molar-refractivity contribution in [3.05, 3.63) is 0 Å². The van der Waals surface area contributed by atoms with Crippen LogP contribution in [0.2, 0.25) is 0 Å². The van der Waals surface area contributed by atoms with Gasteiger partial charge >= 0.3 is 6.09 Å². The number of ether oxygens (including phenoxy) is 2. The lowest BCUT2D eigenvalue weighted by atomic mass is 9.99. The topological polar surface area (TPSA) is 50.8 Å². The maximum absolute atomic E-state index is 12.0. The van der Waals surface area contributed by atoms with Crippen LogP contribution in [0.5, 0.6) is 0 Å². The molecule has 1 amide bonds. The lowest BCUT2D eigenvalue weighted by Crippen LogP contribution is -2.43. The van der Waals surface area contributed by atoms with Crippen LogP contribution in [0, 0.1) is 5.92 Å². The summed E-state index contributed by atoms with van der Waals surface area (Å²) in [5.74, 6) is 0.704. The molecule has 2 aliphatic rings. The summed E-state index contributed by atoms with van der Waals surface area (Å²) < 4.78 is 11.5. The van der Waals surface area contributed by atoms with Crippen LogP contribution in [-0.2, 0) is 9.47 Å². The summed E-state index contributed by atoms with van der Waals surface area (Å²) in [6, 6.07) is 0. The Balaban J connectivity index is 1.64. The van der Waals surface area contributed by atoms with Gasteiger partial charge in [0.25, 0.3) is 0 Å². The van der Waals surface area contributed by atoms with Crippen LogP contribution in [0.25, 0.3) is 0 Å². The predicted octanol–water partition coefficient (Wildman–Crippen LogP) is 2.40. The van der Waals surface area contributed by atoms with Gasteiger partial charge in [0.1, 0.15) is 5.60 Å². The molecule has 0 unspecified atom stereocenters. The minimum atomic E-state index is -0.417. The zero-order chi connectivity index (χ0) is 15.3. The number of hydrogen-bond acceptors (Lipinski definition) is 4. The van der Waals surface area contributed by atoms with Crippen molar-refractivity contribution >= 4 is 6.09 Å². The molecular weight excluding hydrogens is 268 g/mol. The normalized spacial score (nSPS) is 22.3. The molecule has 0 bridgehead atoms. The molecule has 0 aliphatic carbocycles. The van der Waals surface area contributed by atoms with E-state index < -0.39 is 5.60 Å². The Hall–Kier alpha value is -0.810. The van der Waals surface area contributed by atoms with E-state index in [4.69, 9.17) is 9.47 Å². The van der Waals surface area contributed by atoms with Gasteiger partial charge in [0, 0.05) is 19.7 Å². The Morgan fingerprint density at radius 3 is 2.33 bits per heavy atom. The molecule has 0 radical (unpaired) electrons. The summed E-state index contributed by atoms with van der Waals surface area (Å²) >= 11 is 0. The van der Waals surface area contributed by atoms with Crippen molar-refractivity contribution in [1.29, 1.82) is 0 Å². The third-order valence-corrected chi connectivity index (χ3v) is 4.12. The number of hydrogen-bond donors (Lipinski definition) is 1. The number of piperidine rings is 2. The number of rotatable bonds is 3. The average Bonchev–Trinajstić information content (AvgIpc) is 2.45. The second-order valence-corrected chi connectivity index (χ2v) is 7.19. The third-order valence-electron chi connectivity index (χ3n) is 4.12. The molecule has 0 aromatic carbocycles. The first-order valence-electron chi connectivity index (χ1n) is 8.24. The predicted molar refractivity (Wildman–Crippen MR) is 82.4 cm³/mol. The Labute approximate surface area is 128 Å². The van der Waals surface area contributed by atoms with Gasteiger partial charge in [-0.15, -0.1) is 0 Å². The summed E-state index contributed by atoms with van der Waals surface area (Å²) in [6.07, 6.45) is 4.39. The zero-order valence-electron chi connectivity index (χ0n) is 13.7. The first-order chi connectivity index (χ1) is 9.94. The first kappa shape index (κ1) is 16.6. The van der Waals surface area contributed by atoms with Crippen LogP contribution < -0.4 is 5.32 Å². The van der Waals surface area contributed by atoms with Crippen LogP contribution in [0.3, 0.4) is 0 Å². The number of nitrogens with one attached hydrogen (secondary N) is 1. The van der Waals surface area contributed by atoms with Gasteiger partial charge in [0.15, 0.2) is 0 Å². The monoisotopic (exact) mass is 298 g/mol. The Morgan fingerprint density at radius 1 is 1.14 bits per heavy atom. The van der Waals surface area contributed by atoms with Crippen LogP contribution >= 0.6 is 0 Å². The van der Waals surface area contributed by atoms with Crippen LogP contribution in [0.4, 0.5) is 4.79 Å². The van der Waals surface area contributed by atoms with Crippen molar-refractivity contribution in [2.24, 2.45) is 5.92 Å². The number of nitrogens with zero attached hydrogens (tertiary/aromatic N) is 1. The lowest BCUT2D eigenvalue weighted by molar-refractivity contribution is -0.0235. The molecule has 0 spiro atoms. The van der Waals surface area contributed by atoms with Crippen LogP contribution in [0.1, 0.15) is 46.5 Å². The van der Waals surface area contributed by atoms with E-state index in [0.29, 0.717) is 12.0 Å². The van der Waals surface area contributed by atoms with E-state index in [1.165, 1.54) is 12.8 Å². The fourth-order valence-corrected chi connectivity index (χ4v) is 2.85. The molecule has 21 heavy (non-hydrogen) atoms. The first-order valence-corrected chi connectivity index (χ1v) is 8.24. The van der Waals surface area contributed by atoms with Crippen molar-refractivity contribution in [2.75, 3.05) is 32.8 Å². The summed E-state index contributed by atoms with van der Waals surface area (Å²) in [4.78, 5) is 13.8. The van der Waals surface area contributed by atoms with Gasteiger partial charge in [-0.25, -0.2) is 4.79 Å². The van der Waals surface area contributed by atoms with Gasteiger partial charge in [0.05, 0.1) is 6.10 Å². The molecule has 2 heterocycles. The second kappa shape index (κ2) is 7.45. The molecule has 5 heteroatoms. The number of amides is 1. The molecule has 1 N–H and O–H groups in total. The molecule has 5 nitrogen and oxygen atoms in total. The second-order valence-electron chi connectivity index (χ2n) is 7.19. The number of carbonyl (C=O) groups excluding carboxylic acids is 1. The van der Waals surface area contributed by atoms with Crippen LogP contribution in [-0.4, -0.2) is 55.5 Å². The van der Waals surface area contributed by atoms with Gasteiger partial charge in [-0.3, -0.25) is 0 Å². The number of likely N-dealkylation sites (tertiary alicyclic amines) is 1. The molecular formula is C16H30N2O3. The summed E-state index contributed by atoms with van der Waals surface area (Å²) in [5, 5.41) is 3.38. The summed E-state index contributed by atoms with van der Waals surface area (Å²) in [6.45, 7) is 10.3. The molecule has 2 rings (SSSR count). The molecule has 2 aliphatic heterocycles. The van der Waals surface area contributed by atoms with E-state index in [-0.39, 0.29) is 6.09 Å². The largest absolute Gasteiger partial charge is 0.444 e. The Kier molecular flexibility index (Phi) is 5.88. The third kappa shape index (κ3) is 5.83. The molecule has 2 saturated heterocycles. The summed E-state index contributed by atoms with van der Waals surface area (Å²) in [5.41, 5.74) is -0.417. The highest BCUT2D eigenvalue weighted by molar-refractivity contribution is 5.68. The lowest BCUT2D eigenvalue weighted by Gasteiger charge is -2.34. The van der Waals surface area contributed by atoms with Gasteiger partial charge in [0.2, 0.25) is 0 Å². The van der Waals surface area contributed by atoms with Crippen molar-refractivity contribution in [3.63, 3.8) is 0 Å². The fraction of sp³-hybridized carbons (Fsp3) is 0.938. The SMILES string of the molecule is CC(C)(C)OC(=O)N1CCC(OCC2CCNCC2)CC1. The van der Waals surface area contributed by atoms with E-state index in [1.807, 2.05) is 20.8 Å². The zero-order valence-corrected chi connectivity index (χ0v) is 13.7. The average molecular weight is 298 g/mol. The summed E-state index contributed by atoms with van der Waals surface area (Å²) in [7, 11) is 0. The maximum atomic E-state index is 12.0. The van der Waals surface area contributed by atoms with E-state index in [9.17, 15) is 4.79 Å². The highest BCUT2D eigenvalue weighted by Crippen LogP contribution is 2.19. The molecule has 0 atom stereocenters. The van der Waals surface area contributed by atoms with Gasteiger partial charge in [-0.1, -0.05) is 0 Å². The highest BCUT2D eigenvalue weighted by atomic mass is 16.6.